The van der Waals surface area contributed by atoms with Gasteiger partial charge in [-0.25, -0.2) is 4.68 Å². The topological polar surface area (TPSA) is 77.0 Å². The maximum absolute atomic E-state index is 9.80. The molecule has 78 valence electrons. The molecule has 1 aliphatic heterocycles. The Morgan fingerprint density at radius 3 is 3.00 bits per heavy atom. The molecule has 0 fully saturated rings. The quantitative estimate of drug-likeness (QED) is 0.697. The van der Waals surface area contributed by atoms with Gasteiger partial charge < -0.3 is 10.8 Å². The molecule has 0 saturated heterocycles. The van der Waals surface area contributed by atoms with Crippen molar-refractivity contribution in [2.75, 3.05) is 0 Å². The first-order chi connectivity index (χ1) is 6.70. The molecule has 2 rings (SSSR count). The van der Waals surface area contributed by atoms with E-state index in [1.165, 1.54) is 0 Å². The van der Waals surface area contributed by atoms with Crippen molar-refractivity contribution in [2.45, 2.75) is 44.9 Å². The average molecular weight is 196 g/mol. The molecule has 0 saturated carbocycles. The highest BCUT2D eigenvalue weighted by Crippen LogP contribution is 2.22. The third-order valence-corrected chi connectivity index (χ3v) is 2.68. The van der Waals surface area contributed by atoms with Gasteiger partial charge in [-0.15, -0.1) is 5.10 Å². The Labute approximate surface area is 82.9 Å². The first-order valence-corrected chi connectivity index (χ1v) is 5.06. The van der Waals surface area contributed by atoms with E-state index in [1.54, 1.807) is 6.92 Å². The number of nitrogens with zero attached hydrogens (tertiary/aromatic N) is 3. The van der Waals surface area contributed by atoms with Crippen LogP contribution < -0.4 is 5.73 Å². The van der Waals surface area contributed by atoms with Crippen LogP contribution in [0.3, 0.4) is 0 Å². The molecule has 5 nitrogen and oxygen atoms in total. The largest absolute Gasteiger partial charge is 0.385 e. The second-order valence-corrected chi connectivity index (χ2v) is 3.91. The SMILES string of the molecule is CC(N)C(O)c1nnn2c1CCCC2. The third-order valence-electron chi connectivity index (χ3n) is 2.68. The molecule has 1 aliphatic rings. The summed E-state index contributed by atoms with van der Waals surface area (Å²) in [7, 11) is 0. The molecule has 0 aromatic carbocycles. The van der Waals surface area contributed by atoms with E-state index < -0.39 is 6.10 Å². The third kappa shape index (κ3) is 1.53. The number of aliphatic hydroxyl groups excluding tert-OH is 1. The van der Waals surface area contributed by atoms with Gasteiger partial charge in [0, 0.05) is 12.6 Å². The van der Waals surface area contributed by atoms with E-state index in [-0.39, 0.29) is 6.04 Å². The number of fused-ring (bicyclic) bond motifs is 1. The van der Waals surface area contributed by atoms with Gasteiger partial charge in [0.2, 0.25) is 0 Å². The molecule has 2 atom stereocenters. The monoisotopic (exact) mass is 196 g/mol. The Hall–Kier alpha value is -0.940. The summed E-state index contributed by atoms with van der Waals surface area (Å²) < 4.78 is 1.88. The summed E-state index contributed by atoms with van der Waals surface area (Å²) in [6.07, 6.45) is 2.55. The first-order valence-electron chi connectivity index (χ1n) is 5.06. The van der Waals surface area contributed by atoms with Crippen molar-refractivity contribution in [3.8, 4) is 0 Å². The minimum absolute atomic E-state index is 0.293. The van der Waals surface area contributed by atoms with E-state index in [1.807, 2.05) is 4.68 Å². The number of aryl methyl sites for hydroxylation is 1. The van der Waals surface area contributed by atoms with E-state index in [0.29, 0.717) is 5.69 Å². The van der Waals surface area contributed by atoms with E-state index >= 15 is 0 Å². The van der Waals surface area contributed by atoms with Crippen LogP contribution >= 0.6 is 0 Å². The Kier molecular flexibility index (Phi) is 2.52. The molecule has 0 aliphatic carbocycles. The summed E-state index contributed by atoms with van der Waals surface area (Å²) >= 11 is 0. The van der Waals surface area contributed by atoms with Crippen molar-refractivity contribution < 1.29 is 5.11 Å². The highest BCUT2D eigenvalue weighted by molar-refractivity contribution is 5.15. The Balaban J connectivity index is 2.30. The molecule has 2 unspecified atom stereocenters. The molecule has 0 amide bonds. The van der Waals surface area contributed by atoms with Crippen LogP contribution in [0, 0.1) is 0 Å². The molecular weight excluding hydrogens is 180 g/mol. The fourth-order valence-electron chi connectivity index (χ4n) is 1.82. The lowest BCUT2D eigenvalue weighted by Crippen LogP contribution is -2.26. The maximum Gasteiger partial charge on any atom is 0.116 e. The number of hydrogen-bond donors (Lipinski definition) is 2. The minimum Gasteiger partial charge on any atom is -0.385 e. The van der Waals surface area contributed by atoms with Crippen LogP contribution in [-0.2, 0) is 13.0 Å². The number of rotatable bonds is 2. The highest BCUT2D eigenvalue weighted by Gasteiger charge is 2.23. The molecule has 0 spiro atoms. The van der Waals surface area contributed by atoms with Crippen LogP contribution in [0.1, 0.15) is 37.3 Å². The molecule has 1 aromatic rings. The molecule has 1 aromatic heterocycles. The molecule has 5 heteroatoms. The lowest BCUT2D eigenvalue weighted by molar-refractivity contribution is 0.147. The zero-order chi connectivity index (χ0) is 10.1. The first kappa shape index (κ1) is 9.61. The summed E-state index contributed by atoms with van der Waals surface area (Å²) in [4.78, 5) is 0. The van der Waals surface area contributed by atoms with Crippen molar-refractivity contribution in [1.82, 2.24) is 15.0 Å². The predicted octanol–water partition coefficient (Wildman–Crippen LogP) is -0.00500. The van der Waals surface area contributed by atoms with Crippen LogP contribution in [0.2, 0.25) is 0 Å². The maximum atomic E-state index is 9.80. The van der Waals surface area contributed by atoms with Gasteiger partial charge >= 0.3 is 0 Å². The Morgan fingerprint density at radius 2 is 2.29 bits per heavy atom. The van der Waals surface area contributed by atoms with E-state index in [9.17, 15) is 5.11 Å². The van der Waals surface area contributed by atoms with Crippen LogP contribution in [-0.4, -0.2) is 26.1 Å². The van der Waals surface area contributed by atoms with E-state index in [0.717, 1.165) is 31.5 Å². The van der Waals surface area contributed by atoms with Crippen LogP contribution in [0.5, 0.6) is 0 Å². The zero-order valence-electron chi connectivity index (χ0n) is 8.35. The van der Waals surface area contributed by atoms with Crippen LogP contribution in [0.4, 0.5) is 0 Å². The van der Waals surface area contributed by atoms with Gasteiger partial charge in [-0.2, -0.15) is 0 Å². The van der Waals surface area contributed by atoms with Gasteiger partial charge in [0.1, 0.15) is 11.8 Å². The fraction of sp³-hybridized carbons (Fsp3) is 0.778. The molecule has 0 bridgehead atoms. The second-order valence-electron chi connectivity index (χ2n) is 3.91. The summed E-state index contributed by atoms with van der Waals surface area (Å²) in [6, 6.07) is -0.293. The van der Waals surface area contributed by atoms with Gasteiger partial charge in [0.15, 0.2) is 0 Å². The van der Waals surface area contributed by atoms with Gasteiger partial charge in [-0.1, -0.05) is 5.21 Å². The van der Waals surface area contributed by atoms with Gasteiger partial charge in [-0.3, -0.25) is 0 Å². The minimum atomic E-state index is -0.683. The van der Waals surface area contributed by atoms with Gasteiger partial charge in [0.25, 0.3) is 0 Å². The summed E-state index contributed by atoms with van der Waals surface area (Å²) in [5.74, 6) is 0. The number of hydrogen-bond acceptors (Lipinski definition) is 4. The van der Waals surface area contributed by atoms with E-state index in [4.69, 9.17) is 5.73 Å². The van der Waals surface area contributed by atoms with Gasteiger partial charge in [-0.05, 0) is 26.2 Å². The Bertz CT molecular complexity index is 321. The fourth-order valence-corrected chi connectivity index (χ4v) is 1.82. The van der Waals surface area contributed by atoms with Crippen molar-refractivity contribution in [3.05, 3.63) is 11.4 Å². The molecule has 3 N–H and O–H groups in total. The number of nitrogens with two attached hydrogens (primary N) is 1. The lowest BCUT2D eigenvalue weighted by Gasteiger charge is -2.17. The van der Waals surface area contributed by atoms with E-state index in [2.05, 4.69) is 10.3 Å². The lowest BCUT2D eigenvalue weighted by atomic mass is 10.0. The Morgan fingerprint density at radius 1 is 1.50 bits per heavy atom. The molecular formula is C9H16N4O. The van der Waals surface area contributed by atoms with Crippen molar-refractivity contribution >= 4 is 0 Å². The highest BCUT2D eigenvalue weighted by atomic mass is 16.3. The smallest absolute Gasteiger partial charge is 0.116 e. The van der Waals surface area contributed by atoms with Crippen molar-refractivity contribution in [2.24, 2.45) is 5.73 Å². The summed E-state index contributed by atoms with van der Waals surface area (Å²) in [6.45, 7) is 2.69. The average Bonchev–Trinajstić information content (AvgIpc) is 2.60. The number of aliphatic hydroxyl groups is 1. The standard InChI is InChI=1S/C9H16N4O/c1-6(10)9(14)8-7-4-2-3-5-13(7)12-11-8/h6,9,14H,2-5,10H2,1H3. The molecule has 2 heterocycles. The predicted molar refractivity (Wildman–Crippen MR) is 51.6 cm³/mol. The zero-order valence-corrected chi connectivity index (χ0v) is 8.35. The van der Waals surface area contributed by atoms with Gasteiger partial charge in [0.05, 0.1) is 5.69 Å². The molecule has 0 radical (unpaired) electrons. The second kappa shape index (κ2) is 3.67. The van der Waals surface area contributed by atoms with Crippen LogP contribution in [0.25, 0.3) is 0 Å². The molecule has 14 heavy (non-hydrogen) atoms. The summed E-state index contributed by atoms with van der Waals surface area (Å²) in [5, 5.41) is 17.8. The van der Waals surface area contributed by atoms with Crippen molar-refractivity contribution in [3.63, 3.8) is 0 Å². The summed E-state index contributed by atoms with van der Waals surface area (Å²) in [5.41, 5.74) is 7.36. The number of aromatic nitrogens is 3. The van der Waals surface area contributed by atoms with Crippen LogP contribution in [0.15, 0.2) is 0 Å². The van der Waals surface area contributed by atoms with Crippen molar-refractivity contribution in [1.29, 1.82) is 0 Å². The normalized spacial score (nSPS) is 20.2.